The monoisotopic (exact) mass is 509 g/mol. The molecule has 2 aliphatic rings. The summed E-state index contributed by atoms with van der Waals surface area (Å²) < 4.78 is 29.9. The van der Waals surface area contributed by atoms with E-state index in [1.165, 1.54) is 25.0 Å². The van der Waals surface area contributed by atoms with Gasteiger partial charge in [-0.15, -0.1) is 0 Å². The summed E-state index contributed by atoms with van der Waals surface area (Å²) in [4.78, 5) is 52.9. The predicted molar refractivity (Wildman–Crippen MR) is 140 cm³/mol. The fraction of sp³-hybridized carbons (Fsp3) is 0.273. The van der Waals surface area contributed by atoms with E-state index in [-0.39, 0.29) is 29.8 Å². The maximum atomic E-state index is 14.9. The van der Waals surface area contributed by atoms with E-state index in [9.17, 15) is 28.0 Å². The lowest BCUT2D eigenvalue weighted by Crippen LogP contribution is -2.66. The van der Waals surface area contributed by atoms with Crippen LogP contribution in [0.15, 0.2) is 42.5 Å². The van der Waals surface area contributed by atoms with Crippen molar-refractivity contribution >= 4 is 66.7 Å². The van der Waals surface area contributed by atoms with E-state index < -0.39 is 40.5 Å². The molecular weight excluding hydrogens is 487 g/mol. The minimum absolute atomic E-state index is 0.111. The number of rotatable bonds is 5. The van der Waals surface area contributed by atoms with Crippen LogP contribution in [0.5, 0.6) is 0 Å². The molecule has 2 aromatic rings. The van der Waals surface area contributed by atoms with Crippen LogP contribution in [0.1, 0.15) is 39.4 Å². The molecule has 1 saturated heterocycles. The van der Waals surface area contributed by atoms with Crippen molar-refractivity contribution in [3.8, 4) is 0 Å². The van der Waals surface area contributed by atoms with Crippen LogP contribution in [0.25, 0.3) is 0 Å². The van der Waals surface area contributed by atoms with Gasteiger partial charge in [-0.1, -0.05) is 35.9 Å². The van der Waals surface area contributed by atoms with Crippen LogP contribution in [0.2, 0.25) is 10.8 Å². The zero-order valence-corrected chi connectivity index (χ0v) is 21.0. The molecular formula is C22H22B4ClF2N3O4. The summed E-state index contributed by atoms with van der Waals surface area (Å²) in [6.07, 6.45) is 0.111. The molecule has 36 heavy (non-hydrogen) atoms. The predicted octanol–water partition coefficient (Wildman–Crippen LogP) is -1.11. The molecule has 14 heteroatoms. The quantitative estimate of drug-likeness (QED) is 0.410. The van der Waals surface area contributed by atoms with Crippen LogP contribution in [-0.4, -0.2) is 70.3 Å². The molecule has 4 rings (SSSR count). The van der Waals surface area contributed by atoms with Crippen molar-refractivity contribution in [2.75, 3.05) is 0 Å². The molecule has 0 radical (unpaired) electrons. The molecule has 0 bridgehead atoms. The molecule has 2 aliphatic heterocycles. The molecule has 4 amide bonds. The number of hydrogen-bond acceptors (Lipinski definition) is 4. The Balaban J connectivity index is 1.57. The topological polar surface area (TPSA) is 86.8 Å². The second-order valence-corrected chi connectivity index (χ2v) is 10.0. The number of carbonyl (C=O) groups excluding carboxylic acids is 4. The molecule has 0 aliphatic carbocycles. The number of hydrogen-bond donors (Lipinski definition) is 1. The van der Waals surface area contributed by atoms with Gasteiger partial charge in [0.1, 0.15) is 23.5 Å². The average Bonchev–Trinajstić information content (AvgIpc) is 3.17. The van der Waals surface area contributed by atoms with E-state index in [0.717, 1.165) is 16.9 Å². The van der Waals surface area contributed by atoms with E-state index in [1.807, 2.05) is 0 Å². The van der Waals surface area contributed by atoms with E-state index in [0.29, 0.717) is 16.7 Å². The summed E-state index contributed by atoms with van der Waals surface area (Å²) in [6, 6.07) is 9.73. The number of fused-ring (bicyclic) bond motifs is 1. The van der Waals surface area contributed by atoms with E-state index in [4.69, 9.17) is 11.6 Å². The number of piperidine rings is 1. The summed E-state index contributed by atoms with van der Waals surface area (Å²) in [5.74, 6) is -7.51. The Labute approximate surface area is 215 Å². The van der Waals surface area contributed by atoms with Gasteiger partial charge in [-0.25, -0.2) is 0 Å². The second kappa shape index (κ2) is 9.10. The van der Waals surface area contributed by atoms with Crippen molar-refractivity contribution in [1.82, 2.24) is 15.0 Å². The largest absolute Gasteiger partial charge is 0.389 e. The van der Waals surface area contributed by atoms with E-state index in [1.54, 1.807) is 41.7 Å². The van der Waals surface area contributed by atoms with Crippen LogP contribution in [0, 0.1) is 0 Å². The average molecular weight is 509 g/mol. The number of benzene rings is 2. The Morgan fingerprint density at radius 3 is 2.44 bits per heavy atom. The number of alkyl halides is 2. The summed E-state index contributed by atoms with van der Waals surface area (Å²) in [6.45, 7) is 0.121. The first-order valence-corrected chi connectivity index (χ1v) is 11.9. The molecule has 2 heterocycles. The van der Waals surface area contributed by atoms with Gasteiger partial charge in [-0.2, -0.15) is 8.78 Å². The molecule has 1 fully saturated rings. The third kappa shape index (κ3) is 4.13. The third-order valence-corrected chi connectivity index (χ3v) is 7.77. The van der Waals surface area contributed by atoms with Gasteiger partial charge >= 0.3 is 5.92 Å². The highest BCUT2D eigenvalue weighted by atomic mass is 35.5. The maximum Gasteiger partial charge on any atom is 0.348 e. The van der Waals surface area contributed by atoms with Gasteiger partial charge < -0.3 is 9.71 Å². The van der Waals surface area contributed by atoms with Crippen LogP contribution in [-0.2, 0) is 26.9 Å². The van der Waals surface area contributed by atoms with E-state index >= 15 is 0 Å². The third-order valence-electron chi connectivity index (χ3n) is 7.52. The van der Waals surface area contributed by atoms with Gasteiger partial charge in [0.05, 0.1) is 5.44 Å². The Morgan fingerprint density at radius 1 is 1.19 bits per heavy atom. The molecule has 182 valence electrons. The standard InChI is InChI=1S/C22H22B4ClF2N3O4/c23-15-8-16(33)30-19(35)21(15,25)31-9-11-7-10(1-6-14(11)18(31)34)17(24)32(26)20(36)22(28,29)12-2-4-13(27)5-3-12/h1-7,15,17H,8-9,23-26H2,(H,30,33,35)/t15?,17?,21-/m0/s1. The van der Waals surface area contributed by atoms with Crippen LogP contribution < -0.4 is 5.32 Å². The van der Waals surface area contributed by atoms with Crippen molar-refractivity contribution in [3.05, 3.63) is 69.7 Å². The smallest absolute Gasteiger partial charge is 0.348 e. The van der Waals surface area contributed by atoms with Crippen molar-refractivity contribution < 1.29 is 28.0 Å². The fourth-order valence-electron chi connectivity index (χ4n) is 4.77. The first kappa shape index (κ1) is 26.0. The number of amides is 4. The van der Waals surface area contributed by atoms with Gasteiger partial charge in [-0.3, -0.25) is 24.5 Å². The maximum absolute atomic E-state index is 14.9. The number of nitrogens with zero attached hydrogens (tertiary/aromatic N) is 2. The van der Waals surface area contributed by atoms with Crippen LogP contribution in [0.3, 0.4) is 0 Å². The molecule has 0 aromatic heterocycles. The summed E-state index contributed by atoms with van der Waals surface area (Å²) in [5, 5.41) is 2.60. The molecule has 1 N–H and O–H groups in total. The lowest BCUT2D eigenvalue weighted by atomic mass is 9.56. The van der Waals surface area contributed by atoms with E-state index in [2.05, 4.69) is 5.32 Å². The van der Waals surface area contributed by atoms with Crippen molar-refractivity contribution in [1.29, 1.82) is 0 Å². The van der Waals surface area contributed by atoms with Gasteiger partial charge in [0.25, 0.3) is 11.8 Å². The van der Waals surface area contributed by atoms with Gasteiger partial charge in [0.2, 0.25) is 19.8 Å². The molecule has 3 atom stereocenters. The minimum Gasteiger partial charge on any atom is -0.389 e. The Bertz CT molecular complexity index is 1280. The summed E-state index contributed by atoms with van der Waals surface area (Å²) in [7, 11) is 6.31. The van der Waals surface area contributed by atoms with Gasteiger partial charge in [0, 0.05) is 35.1 Å². The first-order valence-electron chi connectivity index (χ1n) is 11.5. The van der Waals surface area contributed by atoms with Crippen LogP contribution in [0.4, 0.5) is 8.78 Å². The summed E-state index contributed by atoms with van der Waals surface area (Å²) in [5.41, 5.74) is -0.105. The highest BCUT2D eigenvalue weighted by Gasteiger charge is 2.52. The Morgan fingerprint density at radius 2 is 1.83 bits per heavy atom. The normalized spacial score (nSPS) is 22.7. The van der Waals surface area contributed by atoms with Crippen LogP contribution >= 0.6 is 11.6 Å². The molecule has 0 spiro atoms. The number of imide groups is 1. The van der Waals surface area contributed by atoms with Crippen molar-refractivity contribution in [3.63, 3.8) is 0 Å². The Kier molecular flexibility index (Phi) is 6.58. The number of nitrogens with one attached hydrogen (secondary N) is 1. The van der Waals surface area contributed by atoms with Gasteiger partial charge in [-0.05, 0) is 35.1 Å². The molecule has 2 unspecified atom stereocenters. The lowest BCUT2D eigenvalue weighted by molar-refractivity contribution is -0.154. The second-order valence-electron chi connectivity index (χ2n) is 9.61. The zero-order chi connectivity index (χ0) is 26.6. The van der Waals surface area contributed by atoms with Crippen molar-refractivity contribution in [2.45, 2.75) is 36.1 Å². The SMILES string of the molecule is BC(c1ccc2c(c1)CN([C@]1(B)C(=O)NC(=O)CC1B)C2=O)N(B)C(=O)C(F)(F)c1ccc(Cl)cc1. The lowest BCUT2D eigenvalue weighted by Gasteiger charge is -2.44. The molecule has 7 nitrogen and oxygen atoms in total. The first-order chi connectivity index (χ1) is 16.8. The van der Waals surface area contributed by atoms with Gasteiger partial charge in [0.15, 0.2) is 0 Å². The van der Waals surface area contributed by atoms with Crippen molar-refractivity contribution in [2.24, 2.45) is 0 Å². The zero-order valence-electron chi connectivity index (χ0n) is 20.3. The minimum atomic E-state index is -3.76. The molecule has 2 aromatic carbocycles. The molecule has 0 saturated carbocycles. The highest BCUT2D eigenvalue weighted by Crippen LogP contribution is 2.38. The Hall–Kier alpha value is -3.07. The number of halogens is 3. The fourth-order valence-corrected chi connectivity index (χ4v) is 4.90. The summed E-state index contributed by atoms with van der Waals surface area (Å²) >= 11 is 5.78. The highest BCUT2D eigenvalue weighted by molar-refractivity contribution is 6.38. The number of carbonyl (C=O) groups is 4.